The molecule has 1 aliphatic carbocycles. The topological polar surface area (TPSA) is 133 Å². The molecule has 0 spiro atoms. The van der Waals surface area contributed by atoms with Gasteiger partial charge in [-0.25, -0.2) is 22.3 Å². The molecule has 0 bridgehead atoms. The molecule has 1 saturated carbocycles. The van der Waals surface area contributed by atoms with Gasteiger partial charge >= 0.3 is 13.1 Å². The second-order valence-corrected chi connectivity index (χ2v) is 15.1. The monoisotopic (exact) mass is 676 g/mol. The van der Waals surface area contributed by atoms with E-state index >= 15 is 0 Å². The van der Waals surface area contributed by atoms with Gasteiger partial charge in [-0.15, -0.1) is 0 Å². The van der Waals surface area contributed by atoms with Gasteiger partial charge in [0, 0.05) is 24.5 Å². The third kappa shape index (κ3) is 6.52. The van der Waals surface area contributed by atoms with E-state index in [0.29, 0.717) is 33.1 Å². The Morgan fingerprint density at radius 1 is 1.02 bits per heavy atom. The zero-order chi connectivity index (χ0) is 34.6. The molecule has 4 aromatic rings. The summed E-state index contributed by atoms with van der Waals surface area (Å²) in [6.07, 6.45) is 1.78. The summed E-state index contributed by atoms with van der Waals surface area (Å²) in [5.74, 6) is -1.46. The number of ether oxygens (including phenoxy) is 1. The van der Waals surface area contributed by atoms with E-state index in [1.165, 1.54) is 32.4 Å². The largest absolute Gasteiger partial charge is 0.495 e. The van der Waals surface area contributed by atoms with Gasteiger partial charge in [-0.2, -0.15) is 0 Å². The number of fused-ring (bicyclic) bond motifs is 1. The first kappa shape index (κ1) is 33.9. The highest BCUT2D eigenvalue weighted by Gasteiger charge is 2.52. The van der Waals surface area contributed by atoms with E-state index < -0.39 is 46.0 Å². The lowest BCUT2D eigenvalue weighted by Crippen LogP contribution is -2.41. The van der Waals surface area contributed by atoms with Crippen LogP contribution in [0.15, 0.2) is 59.0 Å². The number of sulfonamides is 1. The molecule has 2 N–H and O–H groups in total. The SMILES string of the molecule is CNC(=O)c1c(-c2cccc(F)c2)oc2cc(CS(=O)(=O)NCc3ccc(B4OC(C)(C)C(C)(C)O4)c(C(=O)OC)c3)c(C3CC3)cc12. The van der Waals surface area contributed by atoms with Crippen LogP contribution in [0, 0.1) is 5.82 Å². The molecular formula is C35H38BFN2O8S. The third-order valence-electron chi connectivity index (χ3n) is 9.38. The Morgan fingerprint density at radius 3 is 2.35 bits per heavy atom. The van der Waals surface area contributed by atoms with Crippen molar-refractivity contribution in [2.45, 2.75) is 70.0 Å². The van der Waals surface area contributed by atoms with E-state index in [9.17, 15) is 22.4 Å². The molecule has 48 heavy (non-hydrogen) atoms. The first-order chi connectivity index (χ1) is 22.6. The molecule has 0 radical (unpaired) electrons. The minimum absolute atomic E-state index is 0.0811. The van der Waals surface area contributed by atoms with Crippen molar-refractivity contribution in [1.82, 2.24) is 10.0 Å². The fourth-order valence-corrected chi connectivity index (χ4v) is 7.06. The van der Waals surface area contributed by atoms with Crippen molar-refractivity contribution < 1.29 is 40.9 Å². The van der Waals surface area contributed by atoms with Crippen LogP contribution in [0.4, 0.5) is 4.39 Å². The van der Waals surface area contributed by atoms with Gasteiger partial charge in [0.05, 0.1) is 35.2 Å². The van der Waals surface area contributed by atoms with Crippen LogP contribution in [0.5, 0.6) is 0 Å². The summed E-state index contributed by atoms with van der Waals surface area (Å²) in [4.78, 5) is 25.8. The van der Waals surface area contributed by atoms with Gasteiger partial charge in [0.1, 0.15) is 17.2 Å². The fraction of sp³-hybridized carbons (Fsp3) is 0.371. The van der Waals surface area contributed by atoms with Crippen LogP contribution in [0.25, 0.3) is 22.3 Å². The van der Waals surface area contributed by atoms with Gasteiger partial charge in [0.2, 0.25) is 10.0 Å². The molecule has 1 saturated heterocycles. The number of methoxy groups -OCH3 is 1. The van der Waals surface area contributed by atoms with Crippen LogP contribution < -0.4 is 15.5 Å². The van der Waals surface area contributed by atoms with Crippen LogP contribution in [0.1, 0.15) is 83.9 Å². The van der Waals surface area contributed by atoms with Gasteiger partial charge in [-0.3, -0.25) is 4.79 Å². The lowest BCUT2D eigenvalue weighted by molar-refractivity contribution is 0.00578. The molecular weight excluding hydrogens is 638 g/mol. The van der Waals surface area contributed by atoms with Crippen molar-refractivity contribution in [2.24, 2.45) is 0 Å². The number of carbonyl (C=O) groups is 2. The average Bonchev–Trinajstić information content (AvgIpc) is 3.77. The molecule has 3 aromatic carbocycles. The first-order valence-electron chi connectivity index (χ1n) is 15.7. The quantitative estimate of drug-likeness (QED) is 0.174. The van der Waals surface area contributed by atoms with E-state index in [4.69, 9.17) is 18.5 Å². The Bertz CT molecular complexity index is 2020. The molecule has 13 heteroatoms. The number of hydrogen-bond donors (Lipinski definition) is 2. The van der Waals surface area contributed by atoms with Crippen LogP contribution in [-0.4, -0.2) is 52.8 Å². The van der Waals surface area contributed by atoms with Crippen molar-refractivity contribution in [3.8, 4) is 11.3 Å². The third-order valence-corrected chi connectivity index (χ3v) is 10.7. The van der Waals surface area contributed by atoms with Gasteiger partial charge in [-0.05, 0) is 98.9 Å². The molecule has 0 unspecified atom stereocenters. The minimum atomic E-state index is -3.89. The summed E-state index contributed by atoms with van der Waals surface area (Å²) in [6.45, 7) is 7.57. The van der Waals surface area contributed by atoms with Gasteiger partial charge in [0.25, 0.3) is 5.91 Å². The maximum atomic E-state index is 14.1. The van der Waals surface area contributed by atoms with Gasteiger partial charge in [0.15, 0.2) is 0 Å². The predicted octanol–water partition coefficient (Wildman–Crippen LogP) is 5.18. The molecule has 0 atom stereocenters. The highest BCUT2D eigenvalue weighted by atomic mass is 32.2. The van der Waals surface area contributed by atoms with Crippen molar-refractivity contribution in [3.05, 3.63) is 88.2 Å². The number of esters is 1. The summed E-state index contributed by atoms with van der Waals surface area (Å²) in [6, 6.07) is 14.2. The highest BCUT2D eigenvalue weighted by Crippen LogP contribution is 2.45. The predicted molar refractivity (Wildman–Crippen MR) is 180 cm³/mol. The minimum Gasteiger partial charge on any atom is -0.465 e. The van der Waals surface area contributed by atoms with Crippen LogP contribution in [0.2, 0.25) is 0 Å². The van der Waals surface area contributed by atoms with Gasteiger partial charge < -0.3 is 23.8 Å². The smallest absolute Gasteiger partial charge is 0.465 e. The average molecular weight is 677 g/mol. The number of halogens is 1. The fourth-order valence-electron chi connectivity index (χ4n) is 5.91. The summed E-state index contributed by atoms with van der Waals surface area (Å²) < 4.78 is 67.2. The second-order valence-electron chi connectivity index (χ2n) is 13.3. The first-order valence-corrected chi connectivity index (χ1v) is 17.4. The summed E-state index contributed by atoms with van der Waals surface area (Å²) >= 11 is 0. The lowest BCUT2D eigenvalue weighted by Gasteiger charge is -2.32. The lowest BCUT2D eigenvalue weighted by atomic mass is 9.75. The number of rotatable bonds is 10. The van der Waals surface area contributed by atoms with Crippen molar-refractivity contribution in [2.75, 3.05) is 14.2 Å². The summed E-state index contributed by atoms with van der Waals surface area (Å²) in [7, 11) is -1.92. The summed E-state index contributed by atoms with van der Waals surface area (Å²) in [5, 5.41) is 3.16. The molecule has 10 nitrogen and oxygen atoms in total. The van der Waals surface area contributed by atoms with E-state index in [2.05, 4.69) is 10.0 Å². The molecule has 1 aliphatic heterocycles. The van der Waals surface area contributed by atoms with Crippen LogP contribution >= 0.6 is 0 Å². The molecule has 2 fully saturated rings. The van der Waals surface area contributed by atoms with E-state index in [-0.39, 0.29) is 35.1 Å². The van der Waals surface area contributed by atoms with E-state index in [1.54, 1.807) is 30.3 Å². The van der Waals surface area contributed by atoms with Crippen LogP contribution in [-0.2, 0) is 36.4 Å². The number of carbonyl (C=O) groups excluding carboxylic acids is 2. The summed E-state index contributed by atoms with van der Waals surface area (Å²) in [5.41, 5.74) is 2.35. The number of hydrogen-bond acceptors (Lipinski definition) is 8. The molecule has 1 amide bonds. The maximum absolute atomic E-state index is 14.1. The van der Waals surface area contributed by atoms with Crippen molar-refractivity contribution in [3.63, 3.8) is 0 Å². The Labute approximate surface area is 279 Å². The Kier molecular flexibility index (Phi) is 8.78. The molecule has 2 heterocycles. The molecule has 6 rings (SSSR count). The second kappa shape index (κ2) is 12.4. The van der Waals surface area contributed by atoms with Crippen molar-refractivity contribution in [1.29, 1.82) is 0 Å². The van der Waals surface area contributed by atoms with Gasteiger partial charge in [-0.1, -0.05) is 24.3 Å². The van der Waals surface area contributed by atoms with E-state index in [1.807, 2.05) is 33.8 Å². The Balaban J connectivity index is 1.28. The van der Waals surface area contributed by atoms with Crippen molar-refractivity contribution >= 4 is 45.5 Å². The molecule has 1 aromatic heterocycles. The number of amides is 1. The number of furan rings is 1. The van der Waals surface area contributed by atoms with E-state index in [0.717, 1.165) is 18.4 Å². The van der Waals surface area contributed by atoms with Crippen LogP contribution in [0.3, 0.4) is 0 Å². The Morgan fingerprint density at radius 2 is 1.73 bits per heavy atom. The molecule has 2 aliphatic rings. The normalized spacial score (nSPS) is 17.1. The zero-order valence-electron chi connectivity index (χ0n) is 27.7. The standard InChI is InChI=1S/C35H38BFN2O8S/c1-34(2)35(3,4)47-36(46-34)28-13-10-20(14-26(28)33(41)44-6)18-39-48(42,43)19-23-16-29-27(17-25(23)21-11-12-21)30(32(40)38-5)31(45-29)22-8-7-9-24(37)15-22/h7-10,13-17,21,39H,11-12,18-19H2,1-6H3,(H,38,40). The molecule has 252 valence electrons. The highest BCUT2D eigenvalue weighted by molar-refractivity contribution is 7.88. The number of nitrogens with one attached hydrogen (secondary N) is 2. The Hall–Kier alpha value is -4.04. The number of benzene rings is 3. The maximum Gasteiger partial charge on any atom is 0.495 e. The zero-order valence-corrected chi connectivity index (χ0v) is 28.5.